The third-order valence-electron chi connectivity index (χ3n) is 5.04. The van der Waals surface area contributed by atoms with E-state index < -0.39 is 12.1 Å². The number of hydrogen-bond donors (Lipinski definition) is 2. The molecule has 1 aromatic carbocycles. The van der Waals surface area contributed by atoms with Gasteiger partial charge in [-0.3, -0.25) is 14.4 Å². The van der Waals surface area contributed by atoms with Gasteiger partial charge in [-0.05, 0) is 51.2 Å². The molecule has 1 amide bonds. The zero-order valence-corrected chi connectivity index (χ0v) is 16.7. The van der Waals surface area contributed by atoms with Crippen LogP contribution < -0.4 is 10.9 Å². The second-order valence-corrected chi connectivity index (χ2v) is 7.31. The van der Waals surface area contributed by atoms with E-state index in [9.17, 15) is 14.4 Å². The molecule has 1 aliphatic rings. The number of aromatic amines is 1. The standard InChI is InChI=1S/C22H27N3O4/c1-15(21(27)23-14-13-16-7-3-2-4-8-16)29-20(26)12-11-19-24-18-10-6-5-9-17(18)22(28)25-19/h5-7,9-10,15H,2-4,8,11-14H2,1H3,(H,23,27)(H,24,25,28). The first kappa shape index (κ1) is 20.8. The fourth-order valence-electron chi connectivity index (χ4n) is 3.41. The molecule has 0 bridgehead atoms. The number of fused-ring (bicyclic) bond motifs is 1. The Hall–Kier alpha value is -2.96. The van der Waals surface area contributed by atoms with Crippen LogP contribution in [0.5, 0.6) is 0 Å². The first-order chi connectivity index (χ1) is 14.0. The number of para-hydroxylation sites is 1. The number of ether oxygens (including phenoxy) is 1. The fraction of sp³-hybridized carbons (Fsp3) is 0.455. The molecular weight excluding hydrogens is 370 g/mol. The lowest BCUT2D eigenvalue weighted by molar-refractivity contribution is -0.154. The molecular formula is C22H27N3O4. The van der Waals surface area contributed by atoms with E-state index in [0.717, 1.165) is 19.3 Å². The first-order valence-electron chi connectivity index (χ1n) is 10.2. The lowest BCUT2D eigenvalue weighted by atomic mass is 9.97. The Bertz CT molecular complexity index is 964. The Morgan fingerprint density at radius 1 is 1.24 bits per heavy atom. The van der Waals surface area contributed by atoms with Gasteiger partial charge in [0, 0.05) is 13.0 Å². The zero-order valence-electron chi connectivity index (χ0n) is 16.7. The van der Waals surface area contributed by atoms with Crippen molar-refractivity contribution in [2.45, 2.75) is 58.0 Å². The van der Waals surface area contributed by atoms with Crippen LogP contribution in [0.3, 0.4) is 0 Å². The largest absolute Gasteiger partial charge is 0.453 e. The molecule has 0 saturated heterocycles. The number of benzene rings is 1. The van der Waals surface area contributed by atoms with Gasteiger partial charge < -0.3 is 15.0 Å². The summed E-state index contributed by atoms with van der Waals surface area (Å²) in [6.45, 7) is 2.11. The predicted octanol–water partition coefficient (Wildman–Crippen LogP) is 2.79. The molecule has 2 aromatic rings. The number of aryl methyl sites for hydroxylation is 1. The molecule has 0 saturated carbocycles. The van der Waals surface area contributed by atoms with Crippen molar-refractivity contribution in [1.29, 1.82) is 0 Å². The summed E-state index contributed by atoms with van der Waals surface area (Å²) in [5, 5.41) is 3.33. The van der Waals surface area contributed by atoms with Gasteiger partial charge in [-0.1, -0.05) is 23.8 Å². The molecule has 0 spiro atoms. The number of nitrogens with zero attached hydrogens (tertiary/aromatic N) is 1. The number of esters is 1. The van der Waals surface area contributed by atoms with E-state index in [0.29, 0.717) is 23.3 Å². The third kappa shape index (κ3) is 6.01. The van der Waals surface area contributed by atoms with E-state index in [1.807, 2.05) is 0 Å². The summed E-state index contributed by atoms with van der Waals surface area (Å²) in [4.78, 5) is 43.3. The third-order valence-corrected chi connectivity index (χ3v) is 5.04. The second-order valence-electron chi connectivity index (χ2n) is 7.31. The van der Waals surface area contributed by atoms with Crippen molar-refractivity contribution in [3.05, 3.63) is 52.1 Å². The van der Waals surface area contributed by atoms with Crippen LogP contribution in [0.15, 0.2) is 40.7 Å². The van der Waals surface area contributed by atoms with Crippen molar-refractivity contribution in [2.24, 2.45) is 0 Å². The van der Waals surface area contributed by atoms with Crippen molar-refractivity contribution >= 4 is 22.8 Å². The minimum absolute atomic E-state index is 0.0335. The molecule has 0 fully saturated rings. The normalized spacial score (nSPS) is 14.9. The smallest absolute Gasteiger partial charge is 0.307 e. The van der Waals surface area contributed by atoms with Crippen molar-refractivity contribution in [1.82, 2.24) is 15.3 Å². The Morgan fingerprint density at radius 3 is 2.86 bits per heavy atom. The number of allylic oxidation sites excluding steroid dienone is 1. The first-order valence-corrected chi connectivity index (χ1v) is 10.2. The van der Waals surface area contributed by atoms with Gasteiger partial charge in [0.2, 0.25) is 0 Å². The number of aromatic nitrogens is 2. The molecule has 1 aliphatic carbocycles. The molecule has 1 atom stereocenters. The maximum atomic E-state index is 12.1. The highest BCUT2D eigenvalue weighted by Gasteiger charge is 2.18. The number of hydrogen-bond acceptors (Lipinski definition) is 5. The van der Waals surface area contributed by atoms with E-state index in [1.165, 1.54) is 18.4 Å². The van der Waals surface area contributed by atoms with E-state index in [2.05, 4.69) is 21.4 Å². The SMILES string of the molecule is CC(OC(=O)CCc1nc2ccccc2c(=O)[nH]1)C(=O)NCCC1=CCCCC1. The molecule has 0 radical (unpaired) electrons. The summed E-state index contributed by atoms with van der Waals surface area (Å²) in [7, 11) is 0. The average Bonchev–Trinajstić information content (AvgIpc) is 2.73. The van der Waals surface area contributed by atoms with Gasteiger partial charge in [0.05, 0.1) is 17.3 Å². The summed E-state index contributed by atoms with van der Waals surface area (Å²) in [6, 6.07) is 7.03. The van der Waals surface area contributed by atoms with Crippen molar-refractivity contribution < 1.29 is 14.3 Å². The molecule has 1 unspecified atom stereocenters. The molecule has 1 heterocycles. The van der Waals surface area contributed by atoms with Crippen LogP contribution in [0.1, 0.15) is 51.3 Å². The second kappa shape index (κ2) is 10.0. The predicted molar refractivity (Wildman–Crippen MR) is 110 cm³/mol. The number of rotatable bonds is 8. The van der Waals surface area contributed by atoms with Gasteiger partial charge in [0.25, 0.3) is 11.5 Å². The summed E-state index contributed by atoms with van der Waals surface area (Å²) in [6.07, 6.45) is 7.19. The van der Waals surface area contributed by atoms with Crippen LogP contribution >= 0.6 is 0 Å². The summed E-state index contributed by atoms with van der Waals surface area (Å²) < 4.78 is 5.21. The lowest BCUT2D eigenvalue weighted by Gasteiger charge is -2.15. The van der Waals surface area contributed by atoms with Gasteiger partial charge >= 0.3 is 5.97 Å². The van der Waals surface area contributed by atoms with E-state index in [-0.39, 0.29) is 24.3 Å². The summed E-state index contributed by atoms with van der Waals surface area (Å²) in [5.74, 6) is -0.381. The molecule has 1 aromatic heterocycles. The van der Waals surface area contributed by atoms with E-state index >= 15 is 0 Å². The van der Waals surface area contributed by atoms with Crippen molar-refractivity contribution in [3.63, 3.8) is 0 Å². The Labute approximate surface area is 169 Å². The van der Waals surface area contributed by atoms with Gasteiger partial charge in [0.15, 0.2) is 6.10 Å². The number of H-pyrrole nitrogens is 1. The Kier molecular flexibility index (Phi) is 7.16. The minimum atomic E-state index is -0.855. The molecule has 3 rings (SSSR count). The molecule has 0 aliphatic heterocycles. The number of amides is 1. The Balaban J connectivity index is 1.43. The average molecular weight is 397 g/mol. The number of carbonyl (C=O) groups excluding carboxylic acids is 2. The maximum Gasteiger partial charge on any atom is 0.307 e. The van der Waals surface area contributed by atoms with Gasteiger partial charge in [-0.15, -0.1) is 0 Å². The van der Waals surface area contributed by atoms with Crippen LogP contribution in [0.2, 0.25) is 0 Å². The van der Waals surface area contributed by atoms with E-state index in [4.69, 9.17) is 4.74 Å². The van der Waals surface area contributed by atoms with Crippen LogP contribution in [0.4, 0.5) is 0 Å². The van der Waals surface area contributed by atoms with E-state index in [1.54, 1.807) is 31.2 Å². The van der Waals surface area contributed by atoms with Crippen LogP contribution in [0, 0.1) is 0 Å². The van der Waals surface area contributed by atoms with Crippen LogP contribution in [-0.2, 0) is 20.7 Å². The summed E-state index contributed by atoms with van der Waals surface area (Å²) in [5.41, 5.74) is 1.73. The van der Waals surface area contributed by atoms with Gasteiger partial charge in [-0.25, -0.2) is 4.98 Å². The van der Waals surface area contributed by atoms with Crippen LogP contribution in [-0.4, -0.2) is 34.5 Å². The monoisotopic (exact) mass is 397 g/mol. The van der Waals surface area contributed by atoms with Crippen molar-refractivity contribution in [3.8, 4) is 0 Å². The van der Waals surface area contributed by atoms with Gasteiger partial charge in [-0.2, -0.15) is 0 Å². The highest BCUT2D eigenvalue weighted by Crippen LogP contribution is 2.19. The highest BCUT2D eigenvalue weighted by atomic mass is 16.5. The topological polar surface area (TPSA) is 101 Å². The molecule has 7 nitrogen and oxygen atoms in total. The van der Waals surface area contributed by atoms with Gasteiger partial charge in [0.1, 0.15) is 5.82 Å². The minimum Gasteiger partial charge on any atom is -0.453 e. The zero-order chi connectivity index (χ0) is 20.6. The molecule has 2 N–H and O–H groups in total. The number of nitrogens with one attached hydrogen (secondary N) is 2. The fourth-order valence-corrected chi connectivity index (χ4v) is 3.41. The molecule has 29 heavy (non-hydrogen) atoms. The van der Waals surface area contributed by atoms with Crippen molar-refractivity contribution in [2.75, 3.05) is 6.54 Å². The lowest BCUT2D eigenvalue weighted by Crippen LogP contribution is -2.36. The quantitative estimate of drug-likeness (QED) is 0.527. The molecule has 7 heteroatoms. The summed E-state index contributed by atoms with van der Waals surface area (Å²) >= 11 is 0. The highest BCUT2D eigenvalue weighted by molar-refractivity contribution is 5.83. The molecule has 154 valence electrons. The maximum absolute atomic E-state index is 12.1. The Morgan fingerprint density at radius 2 is 2.07 bits per heavy atom. The number of carbonyl (C=O) groups is 2. The van der Waals surface area contributed by atoms with Crippen LogP contribution in [0.25, 0.3) is 10.9 Å².